The summed E-state index contributed by atoms with van der Waals surface area (Å²) in [7, 11) is 4.04. The number of hydrogen-bond donors (Lipinski definition) is 1. The van der Waals surface area contributed by atoms with Gasteiger partial charge >= 0.3 is 6.03 Å². The van der Waals surface area contributed by atoms with Crippen LogP contribution in [0, 0.1) is 6.92 Å². The molecular formula is C16H25N3O. The Bertz CT molecular complexity index is 436. The average molecular weight is 275 g/mol. The van der Waals surface area contributed by atoms with E-state index in [2.05, 4.69) is 48.5 Å². The zero-order valence-corrected chi connectivity index (χ0v) is 12.7. The molecule has 0 radical (unpaired) electrons. The molecule has 1 N–H and O–H groups in total. The molecule has 4 heteroatoms. The zero-order valence-electron chi connectivity index (χ0n) is 12.7. The summed E-state index contributed by atoms with van der Waals surface area (Å²) in [6.45, 7) is 4.80. The minimum Gasteiger partial charge on any atom is -0.334 e. The smallest absolute Gasteiger partial charge is 0.317 e. The van der Waals surface area contributed by atoms with E-state index in [4.69, 9.17) is 0 Å². The summed E-state index contributed by atoms with van der Waals surface area (Å²) >= 11 is 0. The maximum atomic E-state index is 12.2. The summed E-state index contributed by atoms with van der Waals surface area (Å²) in [6, 6.07) is 8.66. The Balaban J connectivity index is 1.80. The second-order valence-corrected chi connectivity index (χ2v) is 5.79. The first-order chi connectivity index (χ1) is 9.56. The molecule has 1 aromatic carbocycles. The molecule has 110 valence electrons. The molecule has 0 aliphatic carbocycles. The number of likely N-dealkylation sites (tertiary alicyclic amines) is 1. The minimum absolute atomic E-state index is 0.0279. The Morgan fingerprint density at radius 2 is 1.90 bits per heavy atom. The molecule has 1 saturated heterocycles. The molecule has 1 aromatic rings. The maximum Gasteiger partial charge on any atom is 0.317 e. The number of urea groups is 1. The average Bonchev–Trinajstić information content (AvgIpc) is 2.46. The number of nitrogens with one attached hydrogen (secondary N) is 1. The van der Waals surface area contributed by atoms with Crippen molar-refractivity contribution in [1.29, 1.82) is 0 Å². The molecule has 0 saturated carbocycles. The molecule has 1 aliphatic rings. The first-order valence-electron chi connectivity index (χ1n) is 7.31. The van der Waals surface area contributed by atoms with E-state index in [1.165, 1.54) is 5.56 Å². The molecule has 2 amide bonds. The molecular weight excluding hydrogens is 250 g/mol. The molecule has 0 spiro atoms. The maximum absolute atomic E-state index is 12.2. The van der Waals surface area contributed by atoms with Crippen molar-refractivity contribution in [3.05, 3.63) is 35.4 Å². The number of carbonyl (C=O) groups is 1. The van der Waals surface area contributed by atoms with E-state index in [1.54, 1.807) is 0 Å². The lowest BCUT2D eigenvalue weighted by molar-refractivity contribution is 0.147. The van der Waals surface area contributed by atoms with Crippen LogP contribution < -0.4 is 5.32 Å². The first kappa shape index (κ1) is 14.9. The number of carbonyl (C=O) groups excluding carboxylic acids is 1. The van der Waals surface area contributed by atoms with Gasteiger partial charge in [0.05, 0.1) is 0 Å². The first-order valence-corrected chi connectivity index (χ1v) is 7.31. The van der Waals surface area contributed by atoms with E-state index in [9.17, 15) is 4.79 Å². The fraction of sp³-hybridized carbons (Fsp3) is 0.562. The number of aryl methyl sites for hydroxylation is 1. The summed E-state index contributed by atoms with van der Waals surface area (Å²) in [5, 5.41) is 3.00. The lowest BCUT2D eigenvalue weighted by Gasteiger charge is -2.35. The van der Waals surface area contributed by atoms with Gasteiger partial charge in [0.2, 0.25) is 0 Å². The highest BCUT2D eigenvalue weighted by molar-refractivity contribution is 5.74. The van der Waals surface area contributed by atoms with Crippen molar-refractivity contribution < 1.29 is 4.79 Å². The van der Waals surface area contributed by atoms with E-state index in [-0.39, 0.29) is 6.03 Å². The molecule has 0 bridgehead atoms. The predicted molar refractivity (Wildman–Crippen MR) is 81.7 cm³/mol. The van der Waals surface area contributed by atoms with Crippen molar-refractivity contribution in [2.75, 3.05) is 27.2 Å². The molecule has 20 heavy (non-hydrogen) atoms. The van der Waals surface area contributed by atoms with E-state index in [0.29, 0.717) is 12.6 Å². The number of benzene rings is 1. The van der Waals surface area contributed by atoms with Crippen molar-refractivity contribution in [2.45, 2.75) is 32.4 Å². The molecule has 0 aromatic heterocycles. The van der Waals surface area contributed by atoms with E-state index in [0.717, 1.165) is 31.5 Å². The largest absolute Gasteiger partial charge is 0.334 e. The number of hydrogen-bond acceptors (Lipinski definition) is 2. The predicted octanol–water partition coefficient (Wildman–Crippen LogP) is 2.23. The van der Waals surface area contributed by atoms with Gasteiger partial charge in [-0.2, -0.15) is 0 Å². The normalized spacial score (nSPS) is 16.9. The second kappa shape index (κ2) is 6.75. The highest BCUT2D eigenvalue weighted by atomic mass is 16.2. The Labute approximate surface area is 121 Å². The summed E-state index contributed by atoms with van der Waals surface area (Å²) in [5.41, 5.74) is 2.38. The van der Waals surface area contributed by atoms with Gasteiger partial charge in [0.25, 0.3) is 0 Å². The van der Waals surface area contributed by atoms with Crippen molar-refractivity contribution in [2.24, 2.45) is 0 Å². The van der Waals surface area contributed by atoms with Crippen LogP contribution in [-0.4, -0.2) is 49.1 Å². The Hall–Kier alpha value is -1.55. The van der Waals surface area contributed by atoms with Gasteiger partial charge in [0.1, 0.15) is 0 Å². The molecule has 1 fully saturated rings. The Morgan fingerprint density at radius 1 is 1.30 bits per heavy atom. The van der Waals surface area contributed by atoms with Gasteiger partial charge in [-0.1, -0.05) is 29.8 Å². The van der Waals surface area contributed by atoms with Gasteiger partial charge in [0.15, 0.2) is 0 Å². The number of amides is 2. The van der Waals surface area contributed by atoms with Crippen molar-refractivity contribution in [3.63, 3.8) is 0 Å². The van der Waals surface area contributed by atoms with Crippen LogP contribution in [0.1, 0.15) is 24.0 Å². The highest BCUT2D eigenvalue weighted by Gasteiger charge is 2.23. The van der Waals surface area contributed by atoms with Crippen LogP contribution in [0.3, 0.4) is 0 Å². The third kappa shape index (κ3) is 3.97. The van der Waals surface area contributed by atoms with Crippen molar-refractivity contribution >= 4 is 6.03 Å². The van der Waals surface area contributed by atoms with Crippen LogP contribution in [0.25, 0.3) is 0 Å². The molecule has 0 unspecified atom stereocenters. The Morgan fingerprint density at radius 3 is 2.50 bits per heavy atom. The molecule has 1 aliphatic heterocycles. The molecule has 2 rings (SSSR count). The van der Waals surface area contributed by atoms with Crippen LogP contribution >= 0.6 is 0 Å². The van der Waals surface area contributed by atoms with Crippen LogP contribution in [0.5, 0.6) is 0 Å². The SMILES string of the molecule is Cc1ccc(CNC(=O)N(C)C2CCN(C)CC2)cc1. The number of nitrogens with zero attached hydrogens (tertiary/aromatic N) is 2. The summed E-state index contributed by atoms with van der Waals surface area (Å²) in [5.74, 6) is 0. The van der Waals surface area contributed by atoms with Crippen molar-refractivity contribution in [3.8, 4) is 0 Å². The molecule has 0 atom stereocenters. The Kier molecular flexibility index (Phi) is 5.01. The topological polar surface area (TPSA) is 35.6 Å². The van der Waals surface area contributed by atoms with Crippen LogP contribution in [0.15, 0.2) is 24.3 Å². The van der Waals surface area contributed by atoms with Gasteiger partial charge in [0, 0.05) is 19.6 Å². The summed E-state index contributed by atoms with van der Waals surface area (Å²) in [6.07, 6.45) is 2.12. The summed E-state index contributed by atoms with van der Waals surface area (Å²) in [4.78, 5) is 16.3. The van der Waals surface area contributed by atoms with Crippen molar-refractivity contribution in [1.82, 2.24) is 15.1 Å². The van der Waals surface area contributed by atoms with Gasteiger partial charge in [-0.25, -0.2) is 4.79 Å². The van der Waals surface area contributed by atoms with Gasteiger partial charge in [-0.15, -0.1) is 0 Å². The zero-order chi connectivity index (χ0) is 14.5. The van der Waals surface area contributed by atoms with Gasteiger partial charge in [-0.3, -0.25) is 0 Å². The van der Waals surface area contributed by atoms with Gasteiger partial charge in [-0.05, 0) is 45.5 Å². The van der Waals surface area contributed by atoms with Crippen LogP contribution in [0.4, 0.5) is 4.79 Å². The monoisotopic (exact) mass is 275 g/mol. The highest BCUT2D eigenvalue weighted by Crippen LogP contribution is 2.14. The van der Waals surface area contributed by atoms with E-state index >= 15 is 0 Å². The molecule has 4 nitrogen and oxygen atoms in total. The lowest BCUT2D eigenvalue weighted by Crippen LogP contribution is -2.47. The fourth-order valence-electron chi connectivity index (χ4n) is 2.56. The summed E-state index contributed by atoms with van der Waals surface area (Å²) < 4.78 is 0. The van der Waals surface area contributed by atoms with E-state index in [1.807, 2.05) is 11.9 Å². The van der Waals surface area contributed by atoms with E-state index < -0.39 is 0 Å². The third-order valence-electron chi connectivity index (χ3n) is 4.12. The fourth-order valence-corrected chi connectivity index (χ4v) is 2.56. The quantitative estimate of drug-likeness (QED) is 0.918. The standard InChI is InChI=1S/C16H25N3O/c1-13-4-6-14(7-5-13)12-17-16(20)19(3)15-8-10-18(2)11-9-15/h4-7,15H,8-12H2,1-3H3,(H,17,20). The molecule has 1 heterocycles. The number of rotatable bonds is 3. The number of piperidine rings is 1. The third-order valence-corrected chi connectivity index (χ3v) is 4.12. The minimum atomic E-state index is 0.0279. The van der Waals surface area contributed by atoms with Gasteiger partial charge < -0.3 is 15.1 Å². The van der Waals surface area contributed by atoms with Crippen LogP contribution in [-0.2, 0) is 6.54 Å². The second-order valence-electron chi connectivity index (χ2n) is 5.79. The van der Waals surface area contributed by atoms with Crippen LogP contribution in [0.2, 0.25) is 0 Å². The lowest BCUT2D eigenvalue weighted by atomic mass is 10.0.